The zero-order chi connectivity index (χ0) is 17.3. The Morgan fingerprint density at radius 3 is 2.92 bits per heavy atom. The van der Waals surface area contributed by atoms with Crippen molar-refractivity contribution in [1.82, 2.24) is 4.98 Å². The first-order chi connectivity index (χ1) is 11.4. The van der Waals surface area contributed by atoms with Crippen LogP contribution in [-0.2, 0) is 9.84 Å². The fraction of sp³-hybridized carbons (Fsp3) is 0.312. The number of nitrogens with zero attached hydrogens (tertiary/aromatic N) is 3. The predicted octanol–water partition coefficient (Wildman–Crippen LogP) is 2.13. The second-order valence-electron chi connectivity index (χ2n) is 5.70. The van der Waals surface area contributed by atoms with E-state index in [1.54, 1.807) is 12.1 Å². The molecule has 3 rings (SSSR count). The fourth-order valence-electron chi connectivity index (χ4n) is 2.57. The summed E-state index contributed by atoms with van der Waals surface area (Å²) >= 11 is 1.27. The number of carbonyl (C=O) groups excluding carboxylic acids is 1. The van der Waals surface area contributed by atoms with E-state index in [2.05, 4.69) is 11.1 Å². The second kappa shape index (κ2) is 6.34. The summed E-state index contributed by atoms with van der Waals surface area (Å²) in [6.07, 6.45) is 3.42. The molecule has 0 radical (unpaired) electrons. The minimum atomic E-state index is -3.36. The molecule has 1 saturated heterocycles. The highest BCUT2D eigenvalue weighted by Gasteiger charge is 2.25. The van der Waals surface area contributed by atoms with Crippen LogP contribution in [0.1, 0.15) is 21.7 Å². The van der Waals surface area contributed by atoms with Crippen molar-refractivity contribution in [2.24, 2.45) is 5.92 Å². The summed E-state index contributed by atoms with van der Waals surface area (Å²) in [6, 6.07) is 8.26. The Balaban J connectivity index is 1.83. The van der Waals surface area contributed by atoms with Crippen LogP contribution in [0.4, 0.5) is 5.13 Å². The number of sulfone groups is 1. The van der Waals surface area contributed by atoms with E-state index >= 15 is 0 Å². The first-order valence-electron chi connectivity index (χ1n) is 7.33. The Morgan fingerprint density at radius 2 is 2.25 bits per heavy atom. The number of anilines is 1. The number of hydrogen-bond donors (Lipinski definition) is 0. The number of carbonyl (C=O) groups is 1. The van der Waals surface area contributed by atoms with Gasteiger partial charge in [0.15, 0.2) is 15.0 Å². The largest absolute Gasteiger partial charge is 0.347 e. The Kier molecular flexibility index (Phi) is 4.39. The van der Waals surface area contributed by atoms with Gasteiger partial charge in [-0.15, -0.1) is 0 Å². The Hall–Kier alpha value is -2.24. The van der Waals surface area contributed by atoms with Gasteiger partial charge in [0.2, 0.25) is 5.78 Å². The number of nitriles is 1. The van der Waals surface area contributed by atoms with Crippen LogP contribution >= 0.6 is 11.3 Å². The summed E-state index contributed by atoms with van der Waals surface area (Å²) in [7, 11) is -3.36. The zero-order valence-electron chi connectivity index (χ0n) is 13.0. The summed E-state index contributed by atoms with van der Waals surface area (Å²) < 4.78 is 23.3. The van der Waals surface area contributed by atoms with Gasteiger partial charge in [0.25, 0.3) is 0 Å². The molecule has 6 nitrogen and oxygen atoms in total. The fourth-order valence-corrected chi connectivity index (χ4v) is 4.15. The Labute approximate surface area is 144 Å². The van der Waals surface area contributed by atoms with E-state index in [1.807, 2.05) is 4.90 Å². The van der Waals surface area contributed by atoms with Crippen LogP contribution in [0.15, 0.2) is 35.4 Å². The smallest absolute Gasteiger partial charge is 0.204 e. The summed E-state index contributed by atoms with van der Waals surface area (Å²) in [5.74, 6) is -0.250. The molecule has 8 heteroatoms. The van der Waals surface area contributed by atoms with Crippen LogP contribution in [0.3, 0.4) is 0 Å². The van der Waals surface area contributed by atoms with Crippen molar-refractivity contribution in [2.45, 2.75) is 11.3 Å². The van der Waals surface area contributed by atoms with Gasteiger partial charge in [-0.1, -0.05) is 23.5 Å². The lowest BCUT2D eigenvalue weighted by Gasteiger charge is -2.12. The van der Waals surface area contributed by atoms with Crippen LogP contribution in [-0.4, -0.2) is 38.5 Å². The molecule has 24 heavy (non-hydrogen) atoms. The third kappa shape index (κ3) is 3.32. The number of ketones is 1. The molecule has 2 heterocycles. The first kappa shape index (κ1) is 16.6. The number of thiazole rings is 1. The lowest BCUT2D eigenvalue weighted by atomic mass is 10.1. The van der Waals surface area contributed by atoms with Gasteiger partial charge in [-0.25, -0.2) is 13.4 Å². The maximum atomic E-state index is 12.6. The average Bonchev–Trinajstić information content (AvgIpc) is 3.22. The van der Waals surface area contributed by atoms with Gasteiger partial charge in [0.05, 0.1) is 28.0 Å². The van der Waals surface area contributed by atoms with E-state index in [0.29, 0.717) is 17.0 Å². The van der Waals surface area contributed by atoms with E-state index in [9.17, 15) is 13.2 Å². The maximum Gasteiger partial charge on any atom is 0.204 e. The summed E-state index contributed by atoms with van der Waals surface area (Å²) in [4.78, 5) is 19.4. The topological polar surface area (TPSA) is 91.1 Å². The van der Waals surface area contributed by atoms with Gasteiger partial charge in [0, 0.05) is 24.9 Å². The van der Waals surface area contributed by atoms with E-state index in [-0.39, 0.29) is 16.6 Å². The van der Waals surface area contributed by atoms with Gasteiger partial charge in [0.1, 0.15) is 0 Å². The number of aromatic nitrogens is 1. The van der Waals surface area contributed by atoms with Gasteiger partial charge >= 0.3 is 0 Å². The molecule has 2 aromatic rings. The zero-order valence-corrected chi connectivity index (χ0v) is 14.6. The second-order valence-corrected chi connectivity index (χ2v) is 8.72. The molecule has 0 saturated carbocycles. The van der Waals surface area contributed by atoms with Crippen LogP contribution in [0.5, 0.6) is 0 Å². The molecular weight excluding hydrogens is 346 g/mol. The summed E-state index contributed by atoms with van der Waals surface area (Å²) in [5, 5.41) is 9.69. The normalized spacial score (nSPS) is 17.7. The molecule has 0 amide bonds. The van der Waals surface area contributed by atoms with Crippen molar-refractivity contribution in [3.8, 4) is 6.07 Å². The van der Waals surface area contributed by atoms with Crippen LogP contribution in [0.25, 0.3) is 0 Å². The standard InChI is InChI=1S/C16H15N3O3S2/c1-24(21,22)13-4-2-3-12(7-13)15(20)14-9-18-16(23-14)19-6-5-11(8-17)10-19/h2-4,7,9,11H,5-6,10H2,1H3/t11-/m0/s1. The SMILES string of the molecule is CS(=O)(=O)c1cccc(C(=O)c2cnc(N3CC[C@@H](C#N)C3)s2)c1. The summed E-state index contributed by atoms with van der Waals surface area (Å²) in [5.41, 5.74) is 0.324. The van der Waals surface area contributed by atoms with Crippen LogP contribution in [0.2, 0.25) is 0 Å². The molecule has 0 aliphatic carbocycles. The van der Waals surface area contributed by atoms with Crippen LogP contribution in [0, 0.1) is 17.2 Å². The molecule has 1 fully saturated rings. The molecule has 1 atom stereocenters. The van der Waals surface area contributed by atoms with Gasteiger partial charge < -0.3 is 4.90 Å². The number of benzene rings is 1. The molecule has 0 unspecified atom stereocenters. The third-order valence-corrected chi connectivity index (χ3v) is 6.05. The van der Waals surface area contributed by atoms with Crippen molar-refractivity contribution < 1.29 is 13.2 Å². The highest BCUT2D eigenvalue weighted by molar-refractivity contribution is 7.90. The lowest BCUT2D eigenvalue weighted by molar-refractivity contribution is 0.104. The number of hydrogen-bond acceptors (Lipinski definition) is 7. The minimum absolute atomic E-state index is 0.000469. The van der Waals surface area contributed by atoms with E-state index in [1.165, 1.54) is 29.7 Å². The number of rotatable bonds is 4. The van der Waals surface area contributed by atoms with E-state index in [0.717, 1.165) is 24.4 Å². The Morgan fingerprint density at radius 1 is 1.46 bits per heavy atom. The highest BCUT2D eigenvalue weighted by Crippen LogP contribution is 2.29. The molecule has 124 valence electrons. The summed E-state index contributed by atoms with van der Waals surface area (Å²) in [6.45, 7) is 1.38. The maximum absolute atomic E-state index is 12.6. The predicted molar refractivity (Wildman–Crippen MR) is 91.0 cm³/mol. The average molecular weight is 361 g/mol. The van der Waals surface area contributed by atoms with Crippen LogP contribution < -0.4 is 4.90 Å². The molecule has 0 N–H and O–H groups in total. The molecular formula is C16H15N3O3S2. The van der Waals surface area contributed by atoms with E-state index < -0.39 is 9.84 Å². The molecule has 1 aromatic carbocycles. The van der Waals surface area contributed by atoms with E-state index in [4.69, 9.17) is 5.26 Å². The quantitative estimate of drug-likeness (QED) is 0.775. The molecule has 0 bridgehead atoms. The van der Waals surface area contributed by atoms with Gasteiger partial charge in [-0.05, 0) is 18.6 Å². The lowest BCUT2D eigenvalue weighted by Crippen LogP contribution is -2.18. The van der Waals surface area contributed by atoms with Gasteiger partial charge in [-0.3, -0.25) is 4.79 Å². The first-order valence-corrected chi connectivity index (χ1v) is 10.0. The monoisotopic (exact) mass is 361 g/mol. The molecule has 0 spiro atoms. The third-order valence-electron chi connectivity index (χ3n) is 3.88. The van der Waals surface area contributed by atoms with Crippen molar-refractivity contribution in [2.75, 3.05) is 24.2 Å². The van der Waals surface area contributed by atoms with Gasteiger partial charge in [-0.2, -0.15) is 5.26 Å². The molecule has 1 aromatic heterocycles. The molecule has 1 aliphatic rings. The van der Waals surface area contributed by atoms with Crippen molar-refractivity contribution >= 4 is 32.1 Å². The highest BCUT2D eigenvalue weighted by atomic mass is 32.2. The van der Waals surface area contributed by atoms with Crippen molar-refractivity contribution in [3.63, 3.8) is 0 Å². The van der Waals surface area contributed by atoms with Crippen molar-refractivity contribution in [1.29, 1.82) is 5.26 Å². The minimum Gasteiger partial charge on any atom is -0.347 e. The van der Waals surface area contributed by atoms with Crippen molar-refractivity contribution in [3.05, 3.63) is 40.9 Å². The Bertz CT molecular complexity index is 928. The molecule has 1 aliphatic heterocycles.